The maximum absolute atomic E-state index is 13.4. The van der Waals surface area contributed by atoms with Crippen molar-refractivity contribution in [1.82, 2.24) is 9.88 Å². The normalized spacial score (nSPS) is 13.8. The van der Waals surface area contributed by atoms with Gasteiger partial charge in [-0.05, 0) is 64.0 Å². The number of fused-ring (bicyclic) bond motifs is 1. The van der Waals surface area contributed by atoms with Crippen molar-refractivity contribution in [2.75, 3.05) is 33.4 Å². The Morgan fingerprint density at radius 3 is 2.51 bits per heavy atom. The van der Waals surface area contributed by atoms with Gasteiger partial charge in [0.05, 0.1) is 18.8 Å². The van der Waals surface area contributed by atoms with Crippen LogP contribution in [0.1, 0.15) is 53.1 Å². The van der Waals surface area contributed by atoms with E-state index in [1.807, 2.05) is 13.8 Å². The van der Waals surface area contributed by atoms with Gasteiger partial charge in [0, 0.05) is 29.1 Å². The number of ketones is 1. The van der Waals surface area contributed by atoms with Crippen LogP contribution in [-0.4, -0.2) is 66.2 Å². The van der Waals surface area contributed by atoms with Crippen LogP contribution in [0.5, 0.6) is 17.2 Å². The van der Waals surface area contributed by atoms with Gasteiger partial charge >= 0.3 is 5.97 Å². The number of methoxy groups -OCH3 is 1. The zero-order valence-corrected chi connectivity index (χ0v) is 20.2. The lowest BCUT2D eigenvalue weighted by Crippen LogP contribution is -2.25. The number of nitrogens with zero attached hydrogens (tertiary/aromatic N) is 2. The molecule has 0 spiro atoms. The first-order valence-corrected chi connectivity index (χ1v) is 11.8. The van der Waals surface area contributed by atoms with E-state index in [1.165, 1.54) is 26.1 Å². The van der Waals surface area contributed by atoms with Crippen molar-refractivity contribution in [3.05, 3.63) is 59.4 Å². The first kappa shape index (κ1) is 24.5. The highest BCUT2D eigenvalue weighted by molar-refractivity contribution is 6.18. The van der Waals surface area contributed by atoms with Crippen LogP contribution in [0.25, 0.3) is 10.8 Å². The number of carbonyl (C=O) groups excluding carboxylic acids is 1. The molecule has 35 heavy (non-hydrogen) atoms. The number of likely N-dealkylation sites (tertiary alicyclic amines) is 1. The first-order chi connectivity index (χ1) is 16.9. The molecule has 0 saturated carbocycles. The minimum atomic E-state index is -1.14. The Balaban J connectivity index is 1.72. The highest BCUT2D eigenvalue weighted by atomic mass is 16.5. The number of carbonyl (C=O) groups is 2. The van der Waals surface area contributed by atoms with Gasteiger partial charge in [-0.2, -0.15) is 0 Å². The fraction of sp³-hybridized carbons (Fsp3) is 0.370. The summed E-state index contributed by atoms with van der Waals surface area (Å²) in [5, 5.41) is 10.5. The molecule has 8 heteroatoms. The molecule has 1 aromatic heterocycles. The fourth-order valence-electron chi connectivity index (χ4n) is 4.28. The van der Waals surface area contributed by atoms with Gasteiger partial charge in [0.15, 0.2) is 11.5 Å². The summed E-state index contributed by atoms with van der Waals surface area (Å²) in [7, 11) is 1.51. The Kier molecular flexibility index (Phi) is 7.51. The standard InChI is InChI=1S/C27H30N2O6/c1-17(2)35-19-8-6-7-18(13-19)26(30)25-21-15-23(33-3)24(34-12-11-29-9-4-5-10-29)14-20(21)22(16-28-25)27(31)32/h6-8,13-17H,4-5,9-12H2,1-3H3,(H,31,32). The quantitative estimate of drug-likeness (QED) is 0.427. The van der Waals surface area contributed by atoms with Gasteiger partial charge in [-0.1, -0.05) is 12.1 Å². The number of benzene rings is 2. The predicted molar refractivity (Wildman–Crippen MR) is 132 cm³/mol. The third-order valence-corrected chi connectivity index (χ3v) is 5.95. The maximum Gasteiger partial charge on any atom is 0.337 e. The lowest BCUT2D eigenvalue weighted by atomic mass is 9.99. The highest BCUT2D eigenvalue weighted by Crippen LogP contribution is 2.36. The second kappa shape index (κ2) is 10.7. The van der Waals surface area contributed by atoms with E-state index in [4.69, 9.17) is 14.2 Å². The number of rotatable bonds is 10. The van der Waals surface area contributed by atoms with Crippen LogP contribution in [0.15, 0.2) is 42.6 Å². The van der Waals surface area contributed by atoms with E-state index in [0.29, 0.717) is 40.2 Å². The number of ether oxygens (including phenoxy) is 3. The van der Waals surface area contributed by atoms with Crippen LogP contribution >= 0.6 is 0 Å². The highest BCUT2D eigenvalue weighted by Gasteiger charge is 2.22. The molecule has 1 saturated heterocycles. The van der Waals surface area contributed by atoms with E-state index in [1.54, 1.807) is 36.4 Å². The summed E-state index contributed by atoms with van der Waals surface area (Å²) in [5.41, 5.74) is 0.513. The number of hydrogen-bond acceptors (Lipinski definition) is 7. The lowest BCUT2D eigenvalue weighted by molar-refractivity contribution is 0.0698. The molecule has 1 fully saturated rings. The number of pyridine rings is 1. The second-order valence-electron chi connectivity index (χ2n) is 8.80. The molecule has 0 amide bonds. The molecule has 184 valence electrons. The Bertz CT molecular complexity index is 1230. The molecular formula is C27H30N2O6. The average Bonchev–Trinajstić information content (AvgIpc) is 3.35. The third-order valence-electron chi connectivity index (χ3n) is 5.95. The van der Waals surface area contributed by atoms with Gasteiger partial charge < -0.3 is 19.3 Å². The molecule has 2 aromatic carbocycles. The first-order valence-electron chi connectivity index (χ1n) is 11.8. The van der Waals surface area contributed by atoms with Crippen LogP contribution in [-0.2, 0) is 0 Å². The van der Waals surface area contributed by atoms with Gasteiger partial charge in [0.2, 0.25) is 5.78 Å². The van der Waals surface area contributed by atoms with E-state index < -0.39 is 5.97 Å². The summed E-state index contributed by atoms with van der Waals surface area (Å²) in [5.74, 6) is -0.0654. The molecule has 4 rings (SSSR count). The van der Waals surface area contributed by atoms with Gasteiger partial charge in [0.1, 0.15) is 18.1 Å². The van der Waals surface area contributed by atoms with Crippen molar-refractivity contribution >= 4 is 22.5 Å². The van der Waals surface area contributed by atoms with Crippen molar-refractivity contribution < 1.29 is 28.9 Å². The number of aromatic nitrogens is 1. The van der Waals surface area contributed by atoms with Gasteiger partial charge in [-0.15, -0.1) is 0 Å². The molecule has 3 aromatic rings. The molecular weight excluding hydrogens is 448 g/mol. The van der Waals surface area contributed by atoms with E-state index in [0.717, 1.165) is 19.6 Å². The number of carboxylic acid groups (broad SMARTS) is 1. The zero-order chi connectivity index (χ0) is 24.9. The van der Waals surface area contributed by atoms with Gasteiger partial charge in [-0.3, -0.25) is 14.7 Å². The topological polar surface area (TPSA) is 98.2 Å². The number of carboxylic acids is 1. The SMILES string of the molecule is COc1cc2c(C(=O)c3cccc(OC(C)C)c3)ncc(C(=O)O)c2cc1OCCN1CCCC1. The van der Waals surface area contributed by atoms with Crippen LogP contribution in [0, 0.1) is 0 Å². The fourth-order valence-corrected chi connectivity index (χ4v) is 4.28. The Labute approximate surface area is 204 Å². The minimum Gasteiger partial charge on any atom is -0.493 e. The smallest absolute Gasteiger partial charge is 0.337 e. The Morgan fingerprint density at radius 1 is 1.09 bits per heavy atom. The van der Waals surface area contributed by atoms with Crippen molar-refractivity contribution in [3.63, 3.8) is 0 Å². The largest absolute Gasteiger partial charge is 0.493 e. The summed E-state index contributed by atoms with van der Waals surface area (Å²) in [6.45, 7) is 7.16. The molecule has 1 N–H and O–H groups in total. The maximum atomic E-state index is 13.4. The minimum absolute atomic E-state index is 0.0134. The van der Waals surface area contributed by atoms with Gasteiger partial charge in [0.25, 0.3) is 0 Å². The van der Waals surface area contributed by atoms with E-state index in [9.17, 15) is 14.7 Å². The Hall–Kier alpha value is -3.65. The molecule has 0 unspecified atom stereocenters. The second-order valence-corrected chi connectivity index (χ2v) is 8.80. The Morgan fingerprint density at radius 2 is 1.83 bits per heavy atom. The van der Waals surface area contributed by atoms with E-state index >= 15 is 0 Å². The average molecular weight is 479 g/mol. The summed E-state index contributed by atoms with van der Waals surface area (Å²) in [6, 6.07) is 10.1. The van der Waals surface area contributed by atoms with Crippen LogP contribution in [0.2, 0.25) is 0 Å². The number of aromatic carboxylic acids is 1. The van der Waals surface area contributed by atoms with Crippen molar-refractivity contribution in [1.29, 1.82) is 0 Å². The van der Waals surface area contributed by atoms with Crippen LogP contribution in [0.3, 0.4) is 0 Å². The van der Waals surface area contributed by atoms with E-state index in [2.05, 4.69) is 9.88 Å². The number of hydrogen-bond donors (Lipinski definition) is 1. The summed E-state index contributed by atoms with van der Waals surface area (Å²) >= 11 is 0. The predicted octanol–water partition coefficient (Wildman–Crippen LogP) is 4.43. The molecule has 0 aliphatic carbocycles. The van der Waals surface area contributed by atoms with Crippen LogP contribution < -0.4 is 14.2 Å². The summed E-state index contributed by atoms with van der Waals surface area (Å²) in [4.78, 5) is 32.0. The summed E-state index contributed by atoms with van der Waals surface area (Å²) < 4.78 is 17.2. The third kappa shape index (κ3) is 5.54. The van der Waals surface area contributed by atoms with Crippen molar-refractivity contribution in [2.45, 2.75) is 32.8 Å². The molecule has 0 atom stereocenters. The van der Waals surface area contributed by atoms with E-state index in [-0.39, 0.29) is 23.1 Å². The van der Waals surface area contributed by atoms with Crippen molar-refractivity contribution in [2.24, 2.45) is 0 Å². The zero-order valence-electron chi connectivity index (χ0n) is 20.2. The summed E-state index contributed by atoms with van der Waals surface area (Å²) in [6.07, 6.45) is 3.56. The molecule has 2 heterocycles. The molecule has 8 nitrogen and oxygen atoms in total. The molecule has 1 aliphatic rings. The monoisotopic (exact) mass is 478 g/mol. The van der Waals surface area contributed by atoms with Gasteiger partial charge in [-0.25, -0.2) is 4.79 Å². The van der Waals surface area contributed by atoms with Crippen molar-refractivity contribution in [3.8, 4) is 17.2 Å². The molecule has 1 aliphatic heterocycles. The lowest BCUT2D eigenvalue weighted by Gasteiger charge is -2.17. The van der Waals surface area contributed by atoms with Crippen LogP contribution in [0.4, 0.5) is 0 Å². The molecule has 0 bridgehead atoms. The molecule has 0 radical (unpaired) electrons.